The van der Waals surface area contributed by atoms with Gasteiger partial charge in [-0.3, -0.25) is 0 Å². The minimum absolute atomic E-state index is 0. The van der Waals surface area contributed by atoms with E-state index < -0.39 is 16.1 Å². The average molecular weight is 886 g/mol. The van der Waals surface area contributed by atoms with E-state index in [0.29, 0.717) is 70.8 Å². The van der Waals surface area contributed by atoms with Crippen molar-refractivity contribution in [3.63, 3.8) is 0 Å². The number of hydrogen-bond donors (Lipinski definition) is 0. The van der Waals surface area contributed by atoms with Crippen LogP contribution >= 0.6 is 15.9 Å². The van der Waals surface area contributed by atoms with Gasteiger partial charge in [-0.1, -0.05) is 7.43 Å². The van der Waals surface area contributed by atoms with Crippen LogP contribution in [-0.2, 0) is 0 Å². The Morgan fingerprint density at radius 3 is 1.86 bits per heavy atom. The van der Waals surface area contributed by atoms with Crippen molar-refractivity contribution in [1.29, 1.82) is 0 Å². The second-order valence-electron chi connectivity index (χ2n) is 9.10. The van der Waals surface area contributed by atoms with Gasteiger partial charge in [-0.15, -0.1) is 0 Å². The molecule has 0 atom stereocenters. The van der Waals surface area contributed by atoms with Gasteiger partial charge in [0.05, 0.1) is 0 Å². The molecule has 184 valence electrons. The van der Waals surface area contributed by atoms with Crippen molar-refractivity contribution in [1.82, 2.24) is 0 Å². The molecular formula is C25H32BrLiOSe5Si2. The van der Waals surface area contributed by atoms with E-state index in [9.17, 15) is 0 Å². The van der Waals surface area contributed by atoms with Crippen molar-refractivity contribution in [3.05, 3.63) is 56.2 Å². The van der Waals surface area contributed by atoms with E-state index in [2.05, 4.69) is 135 Å². The number of hydrogen-bond acceptors (Lipinski definition) is 0. The van der Waals surface area contributed by atoms with Crippen LogP contribution in [0, 0.1) is 22.9 Å². The van der Waals surface area contributed by atoms with Gasteiger partial charge in [-0.05, 0) is 0 Å². The molecule has 0 aliphatic carbocycles. The summed E-state index contributed by atoms with van der Waals surface area (Å²) < 4.78 is 4.34. The van der Waals surface area contributed by atoms with Gasteiger partial charge in [0.2, 0.25) is 0 Å². The quantitative estimate of drug-likeness (QED) is 0.206. The summed E-state index contributed by atoms with van der Waals surface area (Å²) in [5.41, 5.74) is 9.31. The Kier molecular flexibility index (Phi) is 18.6. The van der Waals surface area contributed by atoms with E-state index in [1.54, 1.807) is 4.26 Å². The summed E-state index contributed by atoms with van der Waals surface area (Å²) in [7, 11) is -2.38. The molecule has 1 nitrogen and oxygen atoms in total. The van der Waals surface area contributed by atoms with Crippen molar-refractivity contribution in [3.8, 4) is 22.9 Å². The molecule has 0 radical (unpaired) electrons. The van der Waals surface area contributed by atoms with Crippen molar-refractivity contribution in [2.24, 2.45) is 0 Å². The van der Waals surface area contributed by atoms with Gasteiger partial charge in [0, 0.05) is 0 Å². The Morgan fingerprint density at radius 2 is 1.34 bits per heavy atom. The third-order valence-corrected chi connectivity index (χ3v) is 16.5. The third kappa shape index (κ3) is 14.9. The van der Waals surface area contributed by atoms with E-state index >= 15 is 0 Å². The molecule has 0 aromatic carbocycles. The maximum absolute atomic E-state index is 3.49. The molecule has 10 heteroatoms. The van der Waals surface area contributed by atoms with Gasteiger partial charge in [0.1, 0.15) is 0 Å². The summed E-state index contributed by atoms with van der Waals surface area (Å²) in [6.07, 6.45) is 0. The van der Waals surface area contributed by atoms with E-state index in [1.807, 2.05) is 0 Å². The van der Waals surface area contributed by atoms with Crippen molar-refractivity contribution < 1.29 is 5.48 Å². The standard InChI is InChI=1S/C9H11BrSeSi.C9H12Se2Si.C6H4Se2.CH4.Li.H2O/c2*1-12(2,3)5-4-8-6-11-7-9(8)10;1-2-8-6-4-7-3-5(1)6;;;/h6-7H,1-3H3;6-7,10H,1-3H3;1-4H;1H4;;1H2/q;;;;+1;/p-1. The zero-order valence-electron chi connectivity index (χ0n) is 20.5. The first kappa shape index (κ1) is 36.4. The van der Waals surface area contributed by atoms with Crippen LogP contribution in [0.15, 0.2) is 45.1 Å². The molecule has 4 heterocycles. The summed E-state index contributed by atoms with van der Waals surface area (Å²) in [6.45, 7) is 13.7. The van der Waals surface area contributed by atoms with Crippen LogP contribution in [0.5, 0.6) is 0 Å². The molecule has 0 saturated carbocycles. The van der Waals surface area contributed by atoms with Gasteiger partial charge >= 0.3 is 251 Å². The molecule has 4 aromatic heterocycles. The van der Waals surface area contributed by atoms with Crippen LogP contribution in [0.4, 0.5) is 0 Å². The van der Waals surface area contributed by atoms with E-state index in [1.165, 1.54) is 25.4 Å². The normalized spacial score (nSPS) is 10.1. The Balaban J connectivity index is 0.000000492. The predicted octanol–water partition coefficient (Wildman–Crippen LogP) is 3.89. The maximum atomic E-state index is 3.49. The van der Waals surface area contributed by atoms with Crippen LogP contribution in [0.1, 0.15) is 18.6 Å². The van der Waals surface area contributed by atoms with Crippen LogP contribution in [-0.4, -0.2) is 108 Å². The molecule has 0 spiro atoms. The molecule has 4 aromatic rings. The van der Waals surface area contributed by atoms with E-state index in [-0.39, 0.29) is 12.9 Å². The van der Waals surface area contributed by atoms with Crippen molar-refractivity contribution in [2.45, 2.75) is 46.7 Å². The molecular weight excluding hydrogens is 854 g/mol. The number of rotatable bonds is 1. The molecule has 0 fully saturated rings. The predicted molar refractivity (Wildman–Crippen MR) is 174 cm³/mol. The van der Waals surface area contributed by atoms with Gasteiger partial charge < -0.3 is 5.48 Å². The van der Waals surface area contributed by atoms with Crippen LogP contribution in [0.25, 0.3) is 9.65 Å². The van der Waals surface area contributed by atoms with Crippen molar-refractivity contribution >= 4 is 133 Å². The van der Waals surface area contributed by atoms with Crippen LogP contribution < -0.4 is 4.46 Å². The van der Waals surface area contributed by atoms with Crippen molar-refractivity contribution in [2.75, 3.05) is 0 Å². The average Bonchev–Trinajstić information content (AvgIpc) is 3.49. The molecule has 0 aliphatic rings. The second kappa shape index (κ2) is 17.9. The fourth-order valence-corrected chi connectivity index (χ4v) is 14.3. The fourth-order valence-electron chi connectivity index (χ4n) is 2.11. The zero-order valence-corrected chi connectivity index (χ0v) is 32.7. The SMILES string of the molecule is C.C[Si](C)(C)C#Cc1c[se]cc1Br.O.[Li][Se]c1c[se]cc1C#C[Si](C)(C)C.c1cc2c[se]cc2[se]1. The molecule has 0 bridgehead atoms. The number of fused-ring (bicyclic) bond motifs is 1. The minimum atomic E-state index is -1.20. The monoisotopic (exact) mass is 890 g/mol. The first-order valence-electron chi connectivity index (χ1n) is 10.3. The fraction of sp³-hybridized carbons (Fsp3) is 0.280. The van der Waals surface area contributed by atoms with Gasteiger partial charge in [0.15, 0.2) is 0 Å². The summed E-state index contributed by atoms with van der Waals surface area (Å²) in [6, 6.07) is 2.25. The van der Waals surface area contributed by atoms with Crippen LogP contribution in [0.3, 0.4) is 0 Å². The van der Waals surface area contributed by atoms with E-state index in [0.717, 1.165) is 0 Å². The Bertz CT molecular complexity index is 1220. The molecule has 0 aliphatic heterocycles. The molecule has 0 unspecified atom stereocenters. The van der Waals surface area contributed by atoms with E-state index in [4.69, 9.17) is 0 Å². The summed E-state index contributed by atoms with van der Waals surface area (Å²) >= 11 is 8.91. The first-order chi connectivity index (χ1) is 15.5. The first-order valence-corrected chi connectivity index (χ1v) is 28.4. The van der Waals surface area contributed by atoms with Gasteiger partial charge in [-0.2, -0.15) is 0 Å². The third-order valence-electron chi connectivity index (χ3n) is 3.70. The van der Waals surface area contributed by atoms with Crippen LogP contribution in [0.2, 0.25) is 39.3 Å². The summed E-state index contributed by atoms with van der Waals surface area (Å²) in [5, 5.41) is 1.52. The molecule has 0 amide bonds. The number of halogens is 1. The zero-order chi connectivity index (χ0) is 24.5. The molecule has 35 heavy (non-hydrogen) atoms. The summed E-state index contributed by atoms with van der Waals surface area (Å²) in [4.78, 5) is 16.2. The van der Waals surface area contributed by atoms with Gasteiger partial charge in [0.25, 0.3) is 0 Å². The Hall–Kier alpha value is 1.37. The second-order valence-corrected chi connectivity index (χ2v) is 27.9. The molecule has 0 saturated heterocycles. The molecule has 4 rings (SSSR count). The Morgan fingerprint density at radius 1 is 0.800 bits per heavy atom. The Labute approximate surface area is 260 Å². The summed E-state index contributed by atoms with van der Waals surface area (Å²) in [5.74, 6) is 6.60. The van der Waals surface area contributed by atoms with Gasteiger partial charge in [-0.25, -0.2) is 0 Å². The molecule has 2 N–H and O–H groups in total. The topological polar surface area (TPSA) is 31.5 Å².